The number of fused-ring (bicyclic) bond motifs is 2. The number of tetrazole rings is 1. The van der Waals surface area contributed by atoms with Crippen molar-refractivity contribution in [2.75, 3.05) is 12.4 Å². The van der Waals surface area contributed by atoms with E-state index >= 15 is 0 Å². The van der Waals surface area contributed by atoms with Crippen LogP contribution in [0.15, 0.2) is 42.5 Å². The summed E-state index contributed by atoms with van der Waals surface area (Å²) >= 11 is 0. The topological polar surface area (TPSA) is 94.8 Å². The predicted octanol–water partition coefficient (Wildman–Crippen LogP) is 3.90. The molecule has 1 aliphatic rings. The fourth-order valence-corrected chi connectivity index (χ4v) is 4.40. The van der Waals surface area contributed by atoms with Crippen LogP contribution in [-0.2, 0) is 12.8 Å². The van der Waals surface area contributed by atoms with Gasteiger partial charge in [-0.3, -0.25) is 9.78 Å². The smallest absolute Gasteiger partial charge is 0.256 e. The molecule has 1 amide bonds. The standard InChI is InChI=1S/C24H24N6O2/c1-14-8-10-20-18(12-14)23(17-6-4-5-7-19(17)26-20)24(31)25-16-9-11-22(32-3)21(13-16)30-15(2)27-28-29-30/h4-7,9,11,13-14H,8,10,12H2,1-3H3,(H,25,31). The van der Waals surface area contributed by atoms with Gasteiger partial charge in [0.2, 0.25) is 0 Å². The van der Waals surface area contributed by atoms with E-state index in [2.05, 4.69) is 27.8 Å². The SMILES string of the molecule is COc1ccc(NC(=O)c2c3c(nc4ccccc24)CCC(C)C3)cc1-n1nnnc1C. The second-order valence-electron chi connectivity index (χ2n) is 8.26. The van der Waals surface area contributed by atoms with Gasteiger partial charge >= 0.3 is 0 Å². The van der Waals surface area contributed by atoms with Crippen molar-refractivity contribution in [1.29, 1.82) is 0 Å². The van der Waals surface area contributed by atoms with E-state index in [1.807, 2.05) is 36.4 Å². The van der Waals surface area contributed by atoms with Gasteiger partial charge in [0.05, 0.1) is 18.2 Å². The molecule has 0 aliphatic heterocycles. The molecule has 2 aromatic heterocycles. The third-order valence-corrected chi connectivity index (χ3v) is 6.02. The Kier molecular flexibility index (Phi) is 5.05. The molecule has 32 heavy (non-hydrogen) atoms. The average Bonchev–Trinajstić information content (AvgIpc) is 3.23. The summed E-state index contributed by atoms with van der Waals surface area (Å²) in [5.41, 5.74) is 4.96. The third-order valence-electron chi connectivity index (χ3n) is 6.02. The number of pyridine rings is 1. The lowest BCUT2D eigenvalue weighted by molar-refractivity contribution is 0.102. The summed E-state index contributed by atoms with van der Waals surface area (Å²) in [6.07, 6.45) is 2.84. The summed E-state index contributed by atoms with van der Waals surface area (Å²) in [7, 11) is 1.59. The molecular formula is C24H24N6O2. The maximum absolute atomic E-state index is 13.6. The molecule has 0 spiro atoms. The molecule has 0 fully saturated rings. The van der Waals surface area contributed by atoms with E-state index in [9.17, 15) is 4.79 Å². The van der Waals surface area contributed by atoms with Crippen LogP contribution in [0, 0.1) is 12.8 Å². The number of carbonyl (C=O) groups is 1. The summed E-state index contributed by atoms with van der Waals surface area (Å²) in [6, 6.07) is 13.3. The molecule has 0 saturated heterocycles. The van der Waals surface area contributed by atoms with Crippen LogP contribution in [0.3, 0.4) is 0 Å². The number of ether oxygens (including phenoxy) is 1. The van der Waals surface area contributed by atoms with E-state index in [0.717, 1.165) is 41.4 Å². The highest BCUT2D eigenvalue weighted by atomic mass is 16.5. The largest absolute Gasteiger partial charge is 0.494 e. The number of aromatic nitrogens is 5. The number of benzene rings is 2. The van der Waals surface area contributed by atoms with E-state index in [-0.39, 0.29) is 5.91 Å². The maximum Gasteiger partial charge on any atom is 0.256 e. The number of carbonyl (C=O) groups excluding carboxylic acids is 1. The molecule has 2 aromatic carbocycles. The predicted molar refractivity (Wildman–Crippen MR) is 121 cm³/mol. The van der Waals surface area contributed by atoms with E-state index in [1.54, 1.807) is 24.8 Å². The Morgan fingerprint density at radius 3 is 2.84 bits per heavy atom. The lowest BCUT2D eigenvalue weighted by Crippen LogP contribution is -2.21. The summed E-state index contributed by atoms with van der Waals surface area (Å²) in [5.74, 6) is 1.61. The molecule has 162 valence electrons. The van der Waals surface area contributed by atoms with Crippen molar-refractivity contribution >= 4 is 22.5 Å². The highest BCUT2D eigenvalue weighted by Crippen LogP contribution is 2.33. The molecule has 2 heterocycles. The van der Waals surface area contributed by atoms with Crippen LogP contribution in [0.2, 0.25) is 0 Å². The molecule has 1 atom stereocenters. The van der Waals surface area contributed by atoms with E-state index < -0.39 is 0 Å². The van der Waals surface area contributed by atoms with Crippen LogP contribution in [-0.4, -0.2) is 38.2 Å². The zero-order chi connectivity index (χ0) is 22.2. The fraction of sp³-hybridized carbons (Fsp3) is 0.292. The van der Waals surface area contributed by atoms with Crippen molar-refractivity contribution in [3.63, 3.8) is 0 Å². The van der Waals surface area contributed by atoms with Gasteiger partial charge in [-0.2, -0.15) is 4.68 Å². The van der Waals surface area contributed by atoms with Gasteiger partial charge in [0.1, 0.15) is 11.4 Å². The Bertz CT molecular complexity index is 1330. The second-order valence-corrected chi connectivity index (χ2v) is 8.26. The number of nitrogens with zero attached hydrogens (tertiary/aromatic N) is 5. The van der Waals surface area contributed by atoms with Crippen molar-refractivity contribution in [2.24, 2.45) is 5.92 Å². The Labute approximate surface area is 185 Å². The van der Waals surface area contributed by atoms with Gasteiger partial charge in [0.15, 0.2) is 5.82 Å². The lowest BCUT2D eigenvalue weighted by Gasteiger charge is -2.24. The van der Waals surface area contributed by atoms with Gasteiger partial charge in [-0.05, 0) is 72.4 Å². The van der Waals surface area contributed by atoms with Gasteiger partial charge in [-0.25, -0.2) is 0 Å². The number of amides is 1. The highest BCUT2D eigenvalue weighted by molar-refractivity contribution is 6.13. The summed E-state index contributed by atoms with van der Waals surface area (Å²) < 4.78 is 7.06. The minimum atomic E-state index is -0.140. The van der Waals surface area contributed by atoms with Crippen molar-refractivity contribution in [3.8, 4) is 11.4 Å². The molecule has 0 radical (unpaired) electrons. The molecule has 1 unspecified atom stereocenters. The summed E-state index contributed by atoms with van der Waals surface area (Å²) in [5, 5.41) is 15.7. The second kappa shape index (κ2) is 8.03. The number of anilines is 1. The van der Waals surface area contributed by atoms with Crippen molar-refractivity contribution in [3.05, 3.63) is 65.1 Å². The molecule has 8 nitrogen and oxygen atoms in total. The fourth-order valence-electron chi connectivity index (χ4n) is 4.40. The van der Waals surface area contributed by atoms with Crippen LogP contribution >= 0.6 is 0 Å². The van der Waals surface area contributed by atoms with Gasteiger partial charge < -0.3 is 10.1 Å². The molecule has 0 saturated carbocycles. The molecule has 5 rings (SSSR count). The maximum atomic E-state index is 13.6. The van der Waals surface area contributed by atoms with Crippen molar-refractivity contribution in [1.82, 2.24) is 25.2 Å². The zero-order valence-electron chi connectivity index (χ0n) is 18.3. The number of rotatable bonds is 4. The first-order chi connectivity index (χ1) is 15.5. The monoisotopic (exact) mass is 428 g/mol. The van der Waals surface area contributed by atoms with Crippen molar-refractivity contribution in [2.45, 2.75) is 33.1 Å². The molecule has 1 aliphatic carbocycles. The molecular weight excluding hydrogens is 404 g/mol. The van der Waals surface area contributed by atoms with E-state index in [0.29, 0.717) is 34.4 Å². The van der Waals surface area contributed by atoms with Gasteiger partial charge in [-0.15, -0.1) is 5.10 Å². The number of methoxy groups -OCH3 is 1. The van der Waals surface area contributed by atoms with Gasteiger partial charge in [-0.1, -0.05) is 25.1 Å². The lowest BCUT2D eigenvalue weighted by atomic mass is 9.84. The molecule has 8 heteroatoms. The molecule has 1 N–H and O–H groups in total. The summed E-state index contributed by atoms with van der Waals surface area (Å²) in [6.45, 7) is 4.03. The Morgan fingerprint density at radius 2 is 2.06 bits per heavy atom. The first kappa shape index (κ1) is 20.1. The van der Waals surface area contributed by atoms with Crippen LogP contribution in [0.1, 0.15) is 40.8 Å². The first-order valence-corrected chi connectivity index (χ1v) is 10.7. The quantitative estimate of drug-likeness (QED) is 0.530. The molecule has 0 bridgehead atoms. The van der Waals surface area contributed by atoms with E-state index in [1.165, 1.54) is 0 Å². The molecule has 4 aromatic rings. The van der Waals surface area contributed by atoms with Crippen LogP contribution in [0.5, 0.6) is 5.75 Å². The summed E-state index contributed by atoms with van der Waals surface area (Å²) in [4.78, 5) is 18.5. The van der Waals surface area contributed by atoms with Gasteiger partial charge in [0.25, 0.3) is 5.91 Å². The van der Waals surface area contributed by atoms with Crippen LogP contribution in [0.25, 0.3) is 16.6 Å². The number of aryl methyl sites for hydroxylation is 2. The minimum absolute atomic E-state index is 0.140. The first-order valence-electron chi connectivity index (χ1n) is 10.7. The van der Waals surface area contributed by atoms with Crippen LogP contribution < -0.4 is 10.1 Å². The highest BCUT2D eigenvalue weighted by Gasteiger charge is 2.25. The van der Waals surface area contributed by atoms with Crippen molar-refractivity contribution < 1.29 is 9.53 Å². The Morgan fingerprint density at radius 1 is 1.22 bits per heavy atom. The normalized spacial score (nSPS) is 15.4. The Hall–Kier alpha value is -3.81. The minimum Gasteiger partial charge on any atom is -0.494 e. The van der Waals surface area contributed by atoms with Crippen LogP contribution in [0.4, 0.5) is 5.69 Å². The number of para-hydroxylation sites is 1. The number of hydrogen-bond donors (Lipinski definition) is 1. The zero-order valence-corrected chi connectivity index (χ0v) is 18.3. The third kappa shape index (κ3) is 3.47. The average molecular weight is 428 g/mol. The van der Waals surface area contributed by atoms with E-state index in [4.69, 9.17) is 9.72 Å². The number of nitrogens with one attached hydrogen (secondary N) is 1. The Balaban J connectivity index is 1.58. The van der Waals surface area contributed by atoms with Gasteiger partial charge in [0, 0.05) is 16.8 Å². The number of hydrogen-bond acceptors (Lipinski definition) is 6.